The van der Waals surface area contributed by atoms with E-state index in [1.165, 1.54) is 0 Å². The van der Waals surface area contributed by atoms with E-state index in [1.807, 2.05) is 18.4 Å². The Hall–Kier alpha value is -1.46. The fourth-order valence-corrected chi connectivity index (χ4v) is 1.44. The zero-order valence-electron chi connectivity index (χ0n) is 9.13. The van der Waals surface area contributed by atoms with E-state index in [9.17, 15) is 4.79 Å². The molecule has 0 aliphatic carbocycles. The van der Waals surface area contributed by atoms with Gasteiger partial charge in [-0.25, -0.2) is 10.6 Å². The Labute approximate surface area is 98.9 Å². The van der Waals surface area contributed by atoms with Gasteiger partial charge in [0.15, 0.2) is 0 Å². The molecule has 1 aromatic carbocycles. The molecule has 5 nitrogen and oxygen atoms in total. The van der Waals surface area contributed by atoms with E-state index in [4.69, 9.17) is 22.2 Å². The number of urea groups is 1. The maximum Gasteiger partial charge on any atom is 0.329 e. The van der Waals surface area contributed by atoms with Crippen molar-refractivity contribution in [2.24, 2.45) is 5.84 Å². The number of hydrogen-bond donors (Lipinski definition) is 3. The van der Waals surface area contributed by atoms with Gasteiger partial charge in [0.25, 0.3) is 0 Å². The first kappa shape index (κ1) is 12.6. The normalized spacial score (nSPS) is 9.75. The largest absolute Gasteiger partial charge is 0.496 e. The smallest absolute Gasteiger partial charge is 0.329 e. The molecule has 2 amide bonds. The zero-order valence-corrected chi connectivity index (χ0v) is 9.89. The fraction of sp³-hybridized carbons (Fsp3) is 0.300. The highest BCUT2D eigenvalue weighted by Gasteiger charge is 2.07. The Kier molecular flexibility index (Phi) is 4.39. The molecule has 0 radical (unpaired) electrons. The molecule has 1 rings (SSSR count). The van der Waals surface area contributed by atoms with Gasteiger partial charge < -0.3 is 10.1 Å². The second-order valence-electron chi connectivity index (χ2n) is 3.24. The predicted molar refractivity (Wildman–Crippen MR) is 62.3 cm³/mol. The standard InChI is InChI=1S/C10H14ClN3O2/c1-6-3-9(16-2)7(4-8(6)11)5-13-10(15)14-12/h3-4H,5,12H2,1-2H3,(H2,13,14,15). The Balaban J connectivity index is 2.86. The summed E-state index contributed by atoms with van der Waals surface area (Å²) in [7, 11) is 1.56. The lowest BCUT2D eigenvalue weighted by Crippen LogP contribution is -2.39. The number of aryl methyl sites for hydroxylation is 1. The lowest BCUT2D eigenvalue weighted by molar-refractivity contribution is 0.240. The molecule has 4 N–H and O–H groups in total. The Bertz CT molecular complexity index is 396. The van der Waals surface area contributed by atoms with E-state index in [-0.39, 0.29) is 0 Å². The van der Waals surface area contributed by atoms with Crippen LogP contribution >= 0.6 is 11.6 Å². The number of amides is 2. The first-order valence-electron chi connectivity index (χ1n) is 4.66. The van der Waals surface area contributed by atoms with Crippen LogP contribution in [-0.4, -0.2) is 13.1 Å². The second kappa shape index (κ2) is 5.58. The molecule has 0 aliphatic heterocycles. The van der Waals surface area contributed by atoms with Gasteiger partial charge >= 0.3 is 6.03 Å². The highest BCUT2D eigenvalue weighted by Crippen LogP contribution is 2.26. The number of ether oxygens (including phenoxy) is 1. The van der Waals surface area contributed by atoms with Crippen molar-refractivity contribution in [1.29, 1.82) is 0 Å². The van der Waals surface area contributed by atoms with Crippen molar-refractivity contribution >= 4 is 17.6 Å². The molecule has 0 aromatic heterocycles. The Morgan fingerprint density at radius 3 is 2.81 bits per heavy atom. The van der Waals surface area contributed by atoms with Crippen LogP contribution in [0.15, 0.2) is 12.1 Å². The van der Waals surface area contributed by atoms with Gasteiger partial charge in [-0.1, -0.05) is 11.6 Å². The molecular formula is C10H14ClN3O2. The molecule has 88 valence electrons. The lowest BCUT2D eigenvalue weighted by atomic mass is 10.1. The number of hydrogen-bond acceptors (Lipinski definition) is 3. The molecule has 1 aromatic rings. The van der Waals surface area contributed by atoms with Crippen LogP contribution < -0.4 is 21.3 Å². The minimum atomic E-state index is -0.459. The number of nitrogens with one attached hydrogen (secondary N) is 2. The molecule has 0 atom stereocenters. The molecule has 0 fully saturated rings. The summed E-state index contributed by atoms with van der Waals surface area (Å²) in [5, 5.41) is 3.19. The van der Waals surface area contributed by atoms with Gasteiger partial charge in [0, 0.05) is 17.1 Å². The summed E-state index contributed by atoms with van der Waals surface area (Å²) in [6.07, 6.45) is 0. The molecule has 0 aliphatic rings. The van der Waals surface area contributed by atoms with E-state index in [0.29, 0.717) is 17.3 Å². The van der Waals surface area contributed by atoms with Gasteiger partial charge in [-0.15, -0.1) is 0 Å². The van der Waals surface area contributed by atoms with Gasteiger partial charge in [-0.05, 0) is 24.6 Å². The molecule has 0 bridgehead atoms. The number of halogens is 1. The third-order valence-electron chi connectivity index (χ3n) is 2.13. The first-order valence-corrected chi connectivity index (χ1v) is 5.03. The van der Waals surface area contributed by atoms with Gasteiger partial charge in [0.1, 0.15) is 5.75 Å². The molecule has 0 spiro atoms. The topological polar surface area (TPSA) is 76.4 Å². The number of benzene rings is 1. The number of rotatable bonds is 3. The summed E-state index contributed by atoms with van der Waals surface area (Å²) in [5.41, 5.74) is 3.69. The van der Waals surface area contributed by atoms with E-state index in [1.54, 1.807) is 13.2 Å². The summed E-state index contributed by atoms with van der Waals surface area (Å²) in [5.74, 6) is 5.62. The number of hydrazine groups is 1. The highest BCUT2D eigenvalue weighted by atomic mass is 35.5. The second-order valence-corrected chi connectivity index (χ2v) is 3.65. The maximum atomic E-state index is 10.9. The number of carbonyl (C=O) groups excluding carboxylic acids is 1. The summed E-state index contributed by atoms with van der Waals surface area (Å²) >= 11 is 5.98. The molecule has 0 saturated carbocycles. The molecule has 16 heavy (non-hydrogen) atoms. The van der Waals surface area contributed by atoms with Crippen LogP contribution in [0.25, 0.3) is 0 Å². The summed E-state index contributed by atoms with van der Waals surface area (Å²) < 4.78 is 5.19. The van der Waals surface area contributed by atoms with Crippen LogP contribution in [0.2, 0.25) is 5.02 Å². The molecule has 0 saturated heterocycles. The number of carbonyl (C=O) groups is 1. The first-order chi connectivity index (χ1) is 7.58. The fourth-order valence-electron chi connectivity index (χ4n) is 1.25. The lowest BCUT2D eigenvalue weighted by Gasteiger charge is -2.11. The minimum Gasteiger partial charge on any atom is -0.496 e. The summed E-state index contributed by atoms with van der Waals surface area (Å²) in [6, 6.07) is 3.12. The highest BCUT2D eigenvalue weighted by molar-refractivity contribution is 6.31. The average Bonchev–Trinajstić information content (AvgIpc) is 2.29. The molecule has 0 heterocycles. The SMILES string of the molecule is COc1cc(C)c(Cl)cc1CNC(=O)NN. The summed E-state index contributed by atoms with van der Waals surface area (Å²) in [6.45, 7) is 2.18. The van der Waals surface area contributed by atoms with Gasteiger partial charge in [-0.2, -0.15) is 0 Å². The van der Waals surface area contributed by atoms with Crippen molar-refractivity contribution in [3.05, 3.63) is 28.3 Å². The van der Waals surface area contributed by atoms with E-state index in [2.05, 4.69) is 5.32 Å². The minimum absolute atomic E-state index is 0.298. The van der Waals surface area contributed by atoms with Crippen LogP contribution in [-0.2, 0) is 6.54 Å². The Morgan fingerprint density at radius 2 is 2.25 bits per heavy atom. The monoisotopic (exact) mass is 243 g/mol. The van der Waals surface area contributed by atoms with Crippen molar-refractivity contribution in [3.8, 4) is 5.75 Å². The summed E-state index contributed by atoms with van der Waals surface area (Å²) in [4.78, 5) is 10.9. The van der Waals surface area contributed by atoms with Crippen LogP contribution in [0.5, 0.6) is 5.75 Å². The zero-order chi connectivity index (χ0) is 12.1. The third kappa shape index (κ3) is 3.01. The predicted octanol–water partition coefficient (Wildman–Crippen LogP) is 1.33. The van der Waals surface area contributed by atoms with Gasteiger partial charge in [-0.3, -0.25) is 5.43 Å². The van der Waals surface area contributed by atoms with Gasteiger partial charge in [0.2, 0.25) is 0 Å². The van der Waals surface area contributed by atoms with Crippen molar-refractivity contribution in [3.63, 3.8) is 0 Å². The van der Waals surface area contributed by atoms with E-state index < -0.39 is 6.03 Å². The number of methoxy groups -OCH3 is 1. The average molecular weight is 244 g/mol. The van der Waals surface area contributed by atoms with Crippen molar-refractivity contribution in [1.82, 2.24) is 10.7 Å². The van der Waals surface area contributed by atoms with Crippen LogP contribution in [0.1, 0.15) is 11.1 Å². The molecule has 0 unspecified atom stereocenters. The van der Waals surface area contributed by atoms with E-state index in [0.717, 1.165) is 11.1 Å². The Morgan fingerprint density at radius 1 is 1.56 bits per heavy atom. The molecule has 6 heteroatoms. The van der Waals surface area contributed by atoms with Gasteiger partial charge in [0.05, 0.1) is 7.11 Å². The maximum absolute atomic E-state index is 10.9. The van der Waals surface area contributed by atoms with Crippen molar-refractivity contribution in [2.75, 3.05) is 7.11 Å². The quantitative estimate of drug-likeness (QED) is 0.426. The third-order valence-corrected chi connectivity index (χ3v) is 2.54. The number of nitrogens with two attached hydrogens (primary N) is 1. The van der Waals surface area contributed by atoms with Crippen LogP contribution in [0, 0.1) is 6.92 Å². The van der Waals surface area contributed by atoms with E-state index >= 15 is 0 Å². The molecular weight excluding hydrogens is 230 g/mol. The van der Waals surface area contributed by atoms with Crippen LogP contribution in [0.3, 0.4) is 0 Å². The van der Waals surface area contributed by atoms with Crippen molar-refractivity contribution < 1.29 is 9.53 Å². The van der Waals surface area contributed by atoms with Crippen molar-refractivity contribution in [2.45, 2.75) is 13.5 Å². The van der Waals surface area contributed by atoms with Crippen LogP contribution in [0.4, 0.5) is 4.79 Å².